The Hall–Kier alpha value is -1.07. The first kappa shape index (κ1) is 12.4. The first-order valence-electron chi connectivity index (χ1n) is 5.87. The van der Waals surface area contributed by atoms with E-state index in [9.17, 15) is 4.79 Å². The summed E-state index contributed by atoms with van der Waals surface area (Å²) in [6.45, 7) is 1.96. The highest BCUT2D eigenvalue weighted by molar-refractivity contribution is 8.00. The Morgan fingerprint density at radius 3 is 3.06 bits per heavy atom. The van der Waals surface area contributed by atoms with E-state index in [4.69, 9.17) is 0 Å². The van der Waals surface area contributed by atoms with Crippen LogP contribution in [0.5, 0.6) is 0 Å². The zero-order valence-electron chi connectivity index (χ0n) is 9.69. The molecule has 1 aromatic heterocycles. The molecule has 1 aliphatic rings. The average Bonchev–Trinajstić information content (AvgIpc) is 2.39. The lowest BCUT2D eigenvalue weighted by Crippen LogP contribution is -2.46. The first-order valence-corrected chi connectivity index (χ1v) is 6.86. The van der Waals surface area contributed by atoms with Crippen molar-refractivity contribution in [1.29, 1.82) is 0 Å². The van der Waals surface area contributed by atoms with E-state index in [1.54, 1.807) is 24.2 Å². The molecule has 2 heterocycles. The van der Waals surface area contributed by atoms with E-state index in [1.165, 1.54) is 0 Å². The summed E-state index contributed by atoms with van der Waals surface area (Å²) in [6.07, 6.45) is 5.71. The number of rotatable bonds is 4. The van der Waals surface area contributed by atoms with Gasteiger partial charge in [0.15, 0.2) is 0 Å². The summed E-state index contributed by atoms with van der Waals surface area (Å²) in [5, 5.41) is 6.34. The molecule has 5 heteroatoms. The zero-order valence-corrected chi connectivity index (χ0v) is 10.5. The Morgan fingerprint density at radius 2 is 2.35 bits per heavy atom. The molecule has 0 spiro atoms. The van der Waals surface area contributed by atoms with E-state index in [2.05, 4.69) is 15.6 Å². The molecule has 0 aliphatic carbocycles. The zero-order chi connectivity index (χ0) is 11.9. The van der Waals surface area contributed by atoms with Crippen molar-refractivity contribution in [2.24, 2.45) is 0 Å². The summed E-state index contributed by atoms with van der Waals surface area (Å²) in [4.78, 5) is 16.7. The van der Waals surface area contributed by atoms with Gasteiger partial charge >= 0.3 is 0 Å². The van der Waals surface area contributed by atoms with E-state index < -0.39 is 0 Å². The highest BCUT2D eigenvalue weighted by Gasteiger charge is 2.14. The molecular weight excluding hydrogens is 234 g/mol. The topological polar surface area (TPSA) is 54.0 Å². The summed E-state index contributed by atoms with van der Waals surface area (Å²) < 4.78 is 0. The third-order valence-electron chi connectivity index (χ3n) is 2.68. The number of hydrogen-bond acceptors (Lipinski definition) is 4. The second kappa shape index (κ2) is 6.61. The molecule has 17 heavy (non-hydrogen) atoms. The van der Waals surface area contributed by atoms with Crippen LogP contribution in [0.1, 0.15) is 12.8 Å². The molecule has 0 unspecified atom stereocenters. The lowest BCUT2D eigenvalue weighted by Gasteiger charge is -2.23. The fourth-order valence-electron chi connectivity index (χ4n) is 1.83. The number of thioether (sulfide) groups is 1. The first-order chi connectivity index (χ1) is 8.34. The molecule has 0 radical (unpaired) electrons. The number of amides is 1. The molecule has 1 aliphatic heterocycles. The van der Waals surface area contributed by atoms with E-state index in [-0.39, 0.29) is 5.91 Å². The van der Waals surface area contributed by atoms with Crippen molar-refractivity contribution >= 4 is 17.7 Å². The Balaban J connectivity index is 1.70. The lowest BCUT2D eigenvalue weighted by molar-refractivity contribution is -0.119. The largest absolute Gasteiger partial charge is 0.351 e. The monoisotopic (exact) mass is 251 g/mol. The van der Waals surface area contributed by atoms with Gasteiger partial charge in [-0.1, -0.05) is 0 Å². The minimum absolute atomic E-state index is 0.112. The summed E-state index contributed by atoms with van der Waals surface area (Å²) in [7, 11) is 0. The van der Waals surface area contributed by atoms with Gasteiger partial charge in [-0.2, -0.15) is 0 Å². The average molecular weight is 251 g/mol. The molecule has 1 fully saturated rings. The van der Waals surface area contributed by atoms with Gasteiger partial charge in [0, 0.05) is 29.9 Å². The Bertz CT molecular complexity index is 352. The highest BCUT2D eigenvalue weighted by atomic mass is 32.2. The molecule has 4 nitrogen and oxygen atoms in total. The molecule has 1 amide bonds. The number of carbonyl (C=O) groups is 1. The van der Waals surface area contributed by atoms with Gasteiger partial charge in [0.2, 0.25) is 5.91 Å². The molecular formula is C12H17N3OS. The summed E-state index contributed by atoms with van der Waals surface area (Å²) >= 11 is 1.54. The van der Waals surface area contributed by atoms with Crippen molar-refractivity contribution in [3.63, 3.8) is 0 Å². The fourth-order valence-corrected chi connectivity index (χ4v) is 2.52. The van der Waals surface area contributed by atoms with E-state index in [0.717, 1.165) is 30.8 Å². The van der Waals surface area contributed by atoms with Gasteiger partial charge < -0.3 is 10.6 Å². The van der Waals surface area contributed by atoms with Crippen LogP contribution in [0.4, 0.5) is 0 Å². The van der Waals surface area contributed by atoms with Gasteiger partial charge in [0.05, 0.1) is 5.75 Å². The van der Waals surface area contributed by atoms with Crippen molar-refractivity contribution in [2.75, 3.05) is 18.8 Å². The van der Waals surface area contributed by atoms with Crippen LogP contribution in [0.15, 0.2) is 29.4 Å². The van der Waals surface area contributed by atoms with Crippen LogP contribution in [0.3, 0.4) is 0 Å². The third kappa shape index (κ3) is 4.36. The van der Waals surface area contributed by atoms with Gasteiger partial charge in [-0.15, -0.1) is 11.8 Å². The quantitative estimate of drug-likeness (QED) is 0.785. The molecule has 2 rings (SSSR count). The molecule has 1 atom stereocenters. The van der Waals surface area contributed by atoms with Crippen LogP contribution in [-0.4, -0.2) is 35.8 Å². The molecule has 1 saturated heterocycles. The number of piperidine rings is 1. The predicted octanol–water partition coefficient (Wildman–Crippen LogP) is 1.04. The number of carbonyl (C=O) groups excluding carboxylic acids is 1. The third-order valence-corrected chi connectivity index (χ3v) is 3.69. The molecule has 0 aromatic carbocycles. The van der Waals surface area contributed by atoms with Crippen molar-refractivity contribution in [3.8, 4) is 0 Å². The summed E-state index contributed by atoms with van der Waals surface area (Å²) in [5.74, 6) is 0.584. The number of nitrogens with one attached hydrogen (secondary N) is 2. The summed E-state index contributed by atoms with van der Waals surface area (Å²) in [5.41, 5.74) is 0. The van der Waals surface area contributed by atoms with Crippen LogP contribution >= 0.6 is 11.8 Å². The summed E-state index contributed by atoms with van der Waals surface area (Å²) in [6, 6.07) is 4.13. The van der Waals surface area contributed by atoms with Crippen LogP contribution in [0.2, 0.25) is 0 Å². The van der Waals surface area contributed by atoms with Gasteiger partial charge in [-0.05, 0) is 31.5 Å². The number of pyridine rings is 1. The number of hydrogen-bond donors (Lipinski definition) is 2. The lowest BCUT2D eigenvalue weighted by atomic mass is 10.1. The normalized spacial score (nSPS) is 19.9. The Kier molecular flexibility index (Phi) is 4.82. The van der Waals surface area contributed by atoms with Gasteiger partial charge in [-0.25, -0.2) is 0 Å². The van der Waals surface area contributed by atoms with E-state index in [0.29, 0.717) is 11.8 Å². The van der Waals surface area contributed by atoms with E-state index in [1.807, 2.05) is 12.1 Å². The molecule has 0 saturated carbocycles. The second-order valence-corrected chi connectivity index (χ2v) is 5.13. The number of aromatic nitrogens is 1. The molecule has 2 N–H and O–H groups in total. The maximum atomic E-state index is 11.7. The molecule has 1 aromatic rings. The highest BCUT2D eigenvalue weighted by Crippen LogP contribution is 2.15. The maximum Gasteiger partial charge on any atom is 0.230 e. The predicted molar refractivity (Wildman–Crippen MR) is 69.0 cm³/mol. The number of nitrogens with zero attached hydrogens (tertiary/aromatic N) is 1. The minimum atomic E-state index is 0.112. The van der Waals surface area contributed by atoms with Crippen LogP contribution in [0, 0.1) is 0 Å². The standard InChI is InChI=1S/C12H17N3OS/c16-12(15-10-2-1-5-14-8-10)9-17-11-3-6-13-7-4-11/h3-4,6-7,10,14H,1-2,5,8-9H2,(H,15,16)/t10-/m0/s1. The van der Waals surface area contributed by atoms with Gasteiger partial charge in [0.1, 0.15) is 0 Å². The van der Waals surface area contributed by atoms with Crippen molar-refractivity contribution in [3.05, 3.63) is 24.5 Å². The molecule has 92 valence electrons. The maximum absolute atomic E-state index is 11.7. The van der Waals surface area contributed by atoms with Crippen LogP contribution < -0.4 is 10.6 Å². The van der Waals surface area contributed by atoms with Crippen LogP contribution in [0.25, 0.3) is 0 Å². The molecule has 0 bridgehead atoms. The van der Waals surface area contributed by atoms with Gasteiger partial charge in [-0.3, -0.25) is 9.78 Å². The Labute approximate surface area is 106 Å². The van der Waals surface area contributed by atoms with Crippen molar-refractivity contribution < 1.29 is 4.79 Å². The van der Waals surface area contributed by atoms with E-state index >= 15 is 0 Å². The SMILES string of the molecule is O=C(CSc1ccncc1)N[C@H]1CCCNC1. The Morgan fingerprint density at radius 1 is 1.53 bits per heavy atom. The van der Waals surface area contributed by atoms with Crippen molar-refractivity contribution in [1.82, 2.24) is 15.6 Å². The smallest absolute Gasteiger partial charge is 0.230 e. The van der Waals surface area contributed by atoms with Crippen LogP contribution in [-0.2, 0) is 4.79 Å². The minimum Gasteiger partial charge on any atom is -0.351 e. The van der Waals surface area contributed by atoms with Gasteiger partial charge in [0.25, 0.3) is 0 Å². The van der Waals surface area contributed by atoms with Crippen molar-refractivity contribution in [2.45, 2.75) is 23.8 Å². The second-order valence-electron chi connectivity index (χ2n) is 4.08. The fraction of sp³-hybridized carbons (Fsp3) is 0.500.